The van der Waals surface area contributed by atoms with E-state index in [1.807, 2.05) is 11.8 Å². The monoisotopic (exact) mass is 363 g/mol. The molecule has 134 valence electrons. The topological polar surface area (TPSA) is 92.5 Å². The second-order valence-corrected chi connectivity index (χ2v) is 8.24. The van der Waals surface area contributed by atoms with Crippen molar-refractivity contribution in [2.24, 2.45) is 0 Å². The van der Waals surface area contributed by atoms with Crippen LogP contribution in [0.1, 0.15) is 29.5 Å². The fourth-order valence-corrected chi connectivity index (χ4v) is 4.73. The predicted molar refractivity (Wildman–Crippen MR) is 94.2 cm³/mol. The van der Waals surface area contributed by atoms with E-state index in [9.17, 15) is 13.2 Å². The lowest BCUT2D eigenvalue weighted by atomic mass is 10.2. The molecule has 7 nitrogen and oxygen atoms in total. The second-order valence-electron chi connectivity index (χ2n) is 6.01. The Labute approximate surface area is 147 Å². The van der Waals surface area contributed by atoms with Crippen molar-refractivity contribution in [2.45, 2.75) is 25.9 Å². The Bertz CT molecular complexity index is 816. The molecule has 1 aliphatic rings. The highest BCUT2D eigenvalue weighted by atomic mass is 32.2. The number of anilines is 1. The van der Waals surface area contributed by atoms with E-state index in [2.05, 4.69) is 10.3 Å². The van der Waals surface area contributed by atoms with Crippen LogP contribution in [0.2, 0.25) is 0 Å². The van der Waals surface area contributed by atoms with Crippen molar-refractivity contribution in [1.82, 2.24) is 10.3 Å². The van der Waals surface area contributed by atoms with Crippen LogP contribution in [0.5, 0.6) is 0 Å². The average molecular weight is 363 g/mol. The molecule has 1 saturated heterocycles. The van der Waals surface area contributed by atoms with Gasteiger partial charge in [0.1, 0.15) is 11.6 Å². The molecule has 1 unspecified atom stereocenters. The van der Waals surface area contributed by atoms with E-state index in [0.29, 0.717) is 36.7 Å². The van der Waals surface area contributed by atoms with Crippen LogP contribution < -0.4 is 10.2 Å². The number of amides is 1. The number of rotatable bonds is 6. The Morgan fingerprint density at radius 2 is 2.24 bits per heavy atom. The smallest absolute Gasteiger partial charge is 0.253 e. The minimum atomic E-state index is -2.95. The molecule has 0 aromatic carbocycles. The maximum Gasteiger partial charge on any atom is 0.253 e. The van der Waals surface area contributed by atoms with E-state index in [1.54, 1.807) is 30.5 Å². The van der Waals surface area contributed by atoms with Gasteiger partial charge in [0, 0.05) is 18.8 Å². The van der Waals surface area contributed by atoms with Gasteiger partial charge in [-0.1, -0.05) is 0 Å². The third-order valence-corrected chi connectivity index (χ3v) is 6.05. The number of sulfone groups is 1. The number of hydrogen-bond acceptors (Lipinski definition) is 6. The molecule has 0 radical (unpaired) electrons. The first-order valence-corrected chi connectivity index (χ1v) is 10.0. The van der Waals surface area contributed by atoms with Crippen LogP contribution in [0.3, 0.4) is 0 Å². The zero-order valence-electron chi connectivity index (χ0n) is 14.0. The molecule has 0 aliphatic carbocycles. The van der Waals surface area contributed by atoms with Gasteiger partial charge in [-0.05, 0) is 37.6 Å². The molecule has 0 bridgehead atoms. The average Bonchev–Trinajstić information content (AvgIpc) is 3.23. The first-order chi connectivity index (χ1) is 12.0. The highest BCUT2D eigenvalue weighted by Gasteiger charge is 2.32. The summed E-state index contributed by atoms with van der Waals surface area (Å²) in [6, 6.07) is 6.96. The summed E-state index contributed by atoms with van der Waals surface area (Å²) in [5.74, 6) is 1.52. The van der Waals surface area contributed by atoms with Gasteiger partial charge in [0.15, 0.2) is 9.84 Å². The Morgan fingerprint density at radius 3 is 2.80 bits per heavy atom. The molecular formula is C17H21N3O4S. The molecule has 1 amide bonds. The van der Waals surface area contributed by atoms with E-state index < -0.39 is 9.84 Å². The van der Waals surface area contributed by atoms with E-state index in [1.165, 1.54) is 6.20 Å². The zero-order valence-corrected chi connectivity index (χ0v) is 14.8. The van der Waals surface area contributed by atoms with Crippen molar-refractivity contribution in [2.75, 3.05) is 23.0 Å². The van der Waals surface area contributed by atoms with Crippen molar-refractivity contribution in [1.29, 1.82) is 0 Å². The summed E-state index contributed by atoms with van der Waals surface area (Å²) in [4.78, 5) is 18.5. The van der Waals surface area contributed by atoms with Gasteiger partial charge < -0.3 is 14.6 Å². The van der Waals surface area contributed by atoms with Gasteiger partial charge in [-0.2, -0.15) is 0 Å². The van der Waals surface area contributed by atoms with Crippen LogP contribution in [0, 0.1) is 0 Å². The van der Waals surface area contributed by atoms with Gasteiger partial charge in [-0.15, -0.1) is 0 Å². The number of aromatic nitrogens is 1. The maximum atomic E-state index is 12.1. The highest BCUT2D eigenvalue weighted by Crippen LogP contribution is 2.22. The summed E-state index contributed by atoms with van der Waals surface area (Å²) in [6.45, 7) is 2.95. The normalized spacial score (nSPS) is 18.8. The molecule has 2 aromatic rings. The predicted octanol–water partition coefficient (Wildman–Crippen LogP) is 1.62. The molecule has 25 heavy (non-hydrogen) atoms. The molecule has 0 saturated carbocycles. The molecular weight excluding hydrogens is 342 g/mol. The van der Waals surface area contributed by atoms with Crippen molar-refractivity contribution in [3.63, 3.8) is 0 Å². The fourth-order valence-electron chi connectivity index (χ4n) is 3.00. The van der Waals surface area contributed by atoms with Gasteiger partial charge >= 0.3 is 0 Å². The van der Waals surface area contributed by atoms with Crippen LogP contribution in [0.15, 0.2) is 41.1 Å². The highest BCUT2D eigenvalue weighted by molar-refractivity contribution is 7.91. The van der Waals surface area contributed by atoms with E-state index in [4.69, 9.17) is 4.42 Å². The zero-order chi connectivity index (χ0) is 17.9. The van der Waals surface area contributed by atoms with Crippen molar-refractivity contribution in [3.8, 4) is 0 Å². The standard InChI is InChI=1S/C17H21N3O4S/c1-2-20(14-7-9-25(22,23)12-14)16-6-5-13(10-18-16)17(21)19-11-15-4-3-8-24-15/h3-6,8,10,14H,2,7,9,11-12H2,1H3,(H,19,21). The Hall–Kier alpha value is -2.35. The van der Waals surface area contributed by atoms with E-state index in [0.717, 1.165) is 0 Å². The number of furan rings is 1. The summed E-state index contributed by atoms with van der Waals surface area (Å²) >= 11 is 0. The third kappa shape index (κ3) is 4.19. The maximum absolute atomic E-state index is 12.1. The quantitative estimate of drug-likeness (QED) is 0.838. The number of nitrogens with zero attached hydrogens (tertiary/aromatic N) is 2. The van der Waals surface area contributed by atoms with Gasteiger partial charge in [-0.3, -0.25) is 4.79 Å². The minimum absolute atomic E-state index is 0.0545. The van der Waals surface area contributed by atoms with Crippen molar-refractivity contribution >= 4 is 21.6 Å². The van der Waals surface area contributed by atoms with Crippen LogP contribution >= 0.6 is 0 Å². The van der Waals surface area contributed by atoms with Gasteiger partial charge in [0.05, 0.1) is 29.9 Å². The SMILES string of the molecule is CCN(c1ccc(C(=O)NCc2ccco2)cn1)C1CCS(=O)(=O)C1. The lowest BCUT2D eigenvalue weighted by Gasteiger charge is -2.27. The number of hydrogen-bond donors (Lipinski definition) is 1. The minimum Gasteiger partial charge on any atom is -0.467 e. The van der Waals surface area contributed by atoms with Crippen molar-refractivity contribution < 1.29 is 17.6 Å². The van der Waals surface area contributed by atoms with Gasteiger partial charge in [0.2, 0.25) is 0 Å². The van der Waals surface area contributed by atoms with Crippen LogP contribution in [-0.2, 0) is 16.4 Å². The molecule has 1 N–H and O–H groups in total. The Kier molecular flexibility index (Phi) is 5.08. The Balaban J connectivity index is 1.65. The lowest BCUT2D eigenvalue weighted by molar-refractivity contribution is 0.0947. The first-order valence-electron chi connectivity index (χ1n) is 8.22. The largest absolute Gasteiger partial charge is 0.467 e. The summed E-state index contributed by atoms with van der Waals surface area (Å²) in [5.41, 5.74) is 0.449. The van der Waals surface area contributed by atoms with E-state index >= 15 is 0 Å². The second kappa shape index (κ2) is 7.26. The lowest BCUT2D eigenvalue weighted by Crippen LogP contribution is -2.36. The van der Waals surface area contributed by atoms with Crippen LogP contribution in [-0.4, -0.2) is 43.4 Å². The summed E-state index contributed by atoms with van der Waals surface area (Å²) in [7, 11) is -2.95. The van der Waals surface area contributed by atoms with Crippen LogP contribution in [0.4, 0.5) is 5.82 Å². The Morgan fingerprint density at radius 1 is 1.40 bits per heavy atom. The fraction of sp³-hybridized carbons (Fsp3) is 0.412. The summed E-state index contributed by atoms with van der Waals surface area (Å²) < 4.78 is 28.6. The van der Waals surface area contributed by atoms with Crippen LogP contribution in [0.25, 0.3) is 0 Å². The van der Waals surface area contributed by atoms with Gasteiger partial charge in [-0.25, -0.2) is 13.4 Å². The molecule has 1 aliphatic heterocycles. The molecule has 1 atom stereocenters. The van der Waals surface area contributed by atoms with Crippen molar-refractivity contribution in [3.05, 3.63) is 48.0 Å². The molecule has 2 aromatic heterocycles. The molecule has 1 fully saturated rings. The number of pyridine rings is 1. The number of carbonyl (C=O) groups excluding carboxylic acids is 1. The van der Waals surface area contributed by atoms with E-state index in [-0.39, 0.29) is 23.5 Å². The summed E-state index contributed by atoms with van der Waals surface area (Å²) in [6.07, 6.45) is 3.68. The van der Waals surface area contributed by atoms with Gasteiger partial charge in [0.25, 0.3) is 5.91 Å². The first kappa shape index (κ1) is 17.5. The molecule has 0 spiro atoms. The number of nitrogens with one attached hydrogen (secondary N) is 1. The number of carbonyl (C=O) groups is 1. The molecule has 3 rings (SSSR count). The third-order valence-electron chi connectivity index (χ3n) is 4.30. The summed E-state index contributed by atoms with van der Waals surface area (Å²) in [5, 5.41) is 2.76. The molecule has 3 heterocycles. The molecule has 8 heteroatoms.